The molecule has 5 heteroatoms. The molecule has 1 fully saturated rings. The molecule has 1 heterocycles. The van der Waals surface area contributed by atoms with E-state index in [0.29, 0.717) is 12.5 Å². The van der Waals surface area contributed by atoms with Gasteiger partial charge in [0.05, 0.1) is 23.2 Å². The van der Waals surface area contributed by atoms with Crippen LogP contribution in [0.3, 0.4) is 0 Å². The maximum atomic E-state index is 10.3. The molecule has 0 spiro atoms. The highest BCUT2D eigenvalue weighted by molar-refractivity contribution is 6.31. The summed E-state index contributed by atoms with van der Waals surface area (Å²) < 4.78 is 2.07. The second-order valence-electron chi connectivity index (χ2n) is 6.40. The SMILES string of the molecule is CC(NCC(O)C1CCCC1)c1nc2ccc(Cl)cc2n1C. The molecule has 3 rings (SSSR count). The predicted molar refractivity (Wildman–Crippen MR) is 90.1 cm³/mol. The quantitative estimate of drug-likeness (QED) is 0.887. The molecule has 0 radical (unpaired) electrons. The largest absolute Gasteiger partial charge is 0.392 e. The van der Waals surface area contributed by atoms with Gasteiger partial charge in [-0.25, -0.2) is 4.98 Å². The van der Waals surface area contributed by atoms with E-state index in [1.54, 1.807) is 0 Å². The Bertz CT molecular complexity index is 649. The molecule has 1 aromatic heterocycles. The second-order valence-corrected chi connectivity index (χ2v) is 6.84. The number of hydrogen-bond acceptors (Lipinski definition) is 3. The topological polar surface area (TPSA) is 50.1 Å². The summed E-state index contributed by atoms with van der Waals surface area (Å²) in [5, 5.41) is 14.4. The smallest absolute Gasteiger partial charge is 0.126 e. The Morgan fingerprint density at radius 1 is 1.41 bits per heavy atom. The summed E-state index contributed by atoms with van der Waals surface area (Å²) in [5.74, 6) is 1.43. The highest BCUT2D eigenvalue weighted by atomic mass is 35.5. The Labute approximate surface area is 136 Å². The number of aromatic nitrogens is 2. The zero-order valence-corrected chi connectivity index (χ0v) is 14.0. The first-order valence-electron chi connectivity index (χ1n) is 8.09. The summed E-state index contributed by atoms with van der Waals surface area (Å²) in [6.07, 6.45) is 4.56. The summed E-state index contributed by atoms with van der Waals surface area (Å²) >= 11 is 6.07. The van der Waals surface area contributed by atoms with Crippen LogP contribution in [0.2, 0.25) is 5.02 Å². The molecule has 1 saturated carbocycles. The number of halogens is 1. The van der Waals surface area contributed by atoms with Crippen molar-refractivity contribution >= 4 is 22.6 Å². The number of hydrogen-bond donors (Lipinski definition) is 2. The second kappa shape index (κ2) is 6.57. The zero-order chi connectivity index (χ0) is 15.7. The normalized spacial score (nSPS) is 18.9. The van der Waals surface area contributed by atoms with Crippen LogP contribution < -0.4 is 5.32 Å². The molecular weight excluding hydrogens is 298 g/mol. The predicted octanol–water partition coefficient (Wildman–Crippen LogP) is 3.43. The summed E-state index contributed by atoms with van der Waals surface area (Å²) in [7, 11) is 2.01. The molecule has 0 amide bonds. The molecule has 0 bridgehead atoms. The molecule has 2 N–H and O–H groups in total. The van der Waals surface area contributed by atoms with E-state index in [9.17, 15) is 5.11 Å². The minimum atomic E-state index is -0.255. The Hall–Kier alpha value is -1.10. The molecular formula is C17H24ClN3O. The van der Waals surface area contributed by atoms with Gasteiger partial charge in [0.1, 0.15) is 5.82 Å². The van der Waals surface area contributed by atoms with E-state index in [-0.39, 0.29) is 12.1 Å². The van der Waals surface area contributed by atoms with E-state index in [0.717, 1.165) is 34.7 Å². The Kier molecular flexibility index (Phi) is 4.71. The third-order valence-electron chi connectivity index (χ3n) is 4.84. The van der Waals surface area contributed by atoms with Gasteiger partial charge in [0, 0.05) is 18.6 Å². The van der Waals surface area contributed by atoms with E-state index in [4.69, 9.17) is 11.6 Å². The zero-order valence-electron chi connectivity index (χ0n) is 13.2. The molecule has 1 aliphatic carbocycles. The van der Waals surface area contributed by atoms with Crippen molar-refractivity contribution in [2.45, 2.75) is 44.8 Å². The van der Waals surface area contributed by atoms with Crippen molar-refractivity contribution in [2.24, 2.45) is 13.0 Å². The van der Waals surface area contributed by atoms with Gasteiger partial charge in [-0.15, -0.1) is 0 Å². The fraction of sp³-hybridized carbons (Fsp3) is 0.588. The first-order valence-corrected chi connectivity index (χ1v) is 8.47. The highest BCUT2D eigenvalue weighted by Gasteiger charge is 2.24. The van der Waals surface area contributed by atoms with Crippen LogP contribution in [0, 0.1) is 5.92 Å². The summed E-state index contributed by atoms with van der Waals surface area (Å²) in [4.78, 5) is 4.69. The number of benzene rings is 1. The fourth-order valence-corrected chi connectivity index (χ4v) is 3.63. The number of imidazole rings is 1. The fourth-order valence-electron chi connectivity index (χ4n) is 3.47. The lowest BCUT2D eigenvalue weighted by Crippen LogP contribution is -2.34. The molecule has 2 aromatic rings. The third kappa shape index (κ3) is 3.14. The molecule has 22 heavy (non-hydrogen) atoms. The summed E-state index contributed by atoms with van der Waals surface area (Å²) in [6.45, 7) is 2.71. The van der Waals surface area contributed by atoms with Crippen molar-refractivity contribution in [3.05, 3.63) is 29.0 Å². The van der Waals surface area contributed by atoms with Gasteiger partial charge >= 0.3 is 0 Å². The number of nitrogens with one attached hydrogen (secondary N) is 1. The van der Waals surface area contributed by atoms with Crippen LogP contribution in [0.25, 0.3) is 11.0 Å². The van der Waals surface area contributed by atoms with Gasteiger partial charge in [-0.3, -0.25) is 0 Å². The van der Waals surface area contributed by atoms with Crippen LogP contribution in [0.1, 0.15) is 44.5 Å². The van der Waals surface area contributed by atoms with Crippen LogP contribution in [-0.4, -0.2) is 27.3 Å². The number of nitrogens with zero attached hydrogens (tertiary/aromatic N) is 2. The standard InChI is InChI=1S/C17H24ClN3O/c1-11(19-10-16(22)12-5-3-4-6-12)17-20-14-8-7-13(18)9-15(14)21(17)2/h7-9,11-12,16,19,22H,3-6,10H2,1-2H3. The van der Waals surface area contributed by atoms with Gasteiger partial charge in [-0.05, 0) is 43.9 Å². The number of fused-ring (bicyclic) bond motifs is 1. The van der Waals surface area contributed by atoms with Crippen LogP contribution in [-0.2, 0) is 7.05 Å². The van der Waals surface area contributed by atoms with Crippen LogP contribution >= 0.6 is 11.6 Å². The van der Waals surface area contributed by atoms with E-state index >= 15 is 0 Å². The lowest BCUT2D eigenvalue weighted by molar-refractivity contribution is 0.106. The van der Waals surface area contributed by atoms with Crippen molar-refractivity contribution in [3.63, 3.8) is 0 Å². The molecule has 120 valence electrons. The Morgan fingerprint density at radius 2 is 2.14 bits per heavy atom. The lowest BCUT2D eigenvalue weighted by atomic mass is 10.0. The van der Waals surface area contributed by atoms with Crippen molar-refractivity contribution < 1.29 is 5.11 Å². The molecule has 2 unspecified atom stereocenters. The molecule has 1 aromatic carbocycles. The lowest BCUT2D eigenvalue weighted by Gasteiger charge is -2.21. The average molecular weight is 322 g/mol. The van der Waals surface area contributed by atoms with Crippen molar-refractivity contribution in [1.29, 1.82) is 0 Å². The van der Waals surface area contributed by atoms with Gasteiger partial charge in [-0.2, -0.15) is 0 Å². The van der Waals surface area contributed by atoms with Crippen LogP contribution in [0.15, 0.2) is 18.2 Å². The monoisotopic (exact) mass is 321 g/mol. The van der Waals surface area contributed by atoms with Gasteiger partial charge in [0.15, 0.2) is 0 Å². The summed E-state index contributed by atoms with van der Waals surface area (Å²) in [5.41, 5.74) is 1.99. The highest BCUT2D eigenvalue weighted by Crippen LogP contribution is 2.28. The van der Waals surface area contributed by atoms with Crippen LogP contribution in [0.4, 0.5) is 0 Å². The molecule has 2 atom stereocenters. The number of aliphatic hydroxyl groups is 1. The average Bonchev–Trinajstić information content (AvgIpc) is 3.14. The molecule has 0 aliphatic heterocycles. The molecule has 0 saturated heterocycles. The van der Waals surface area contributed by atoms with Gasteiger partial charge in [-0.1, -0.05) is 24.4 Å². The van der Waals surface area contributed by atoms with E-state index < -0.39 is 0 Å². The first kappa shape index (κ1) is 15.8. The maximum absolute atomic E-state index is 10.3. The number of rotatable bonds is 5. The minimum absolute atomic E-state index is 0.0900. The Balaban J connectivity index is 1.69. The van der Waals surface area contributed by atoms with E-state index in [1.807, 2.05) is 25.2 Å². The van der Waals surface area contributed by atoms with Crippen molar-refractivity contribution in [3.8, 4) is 0 Å². The molecule has 1 aliphatic rings. The van der Waals surface area contributed by atoms with Crippen molar-refractivity contribution in [2.75, 3.05) is 6.54 Å². The van der Waals surface area contributed by atoms with E-state index in [1.165, 1.54) is 12.8 Å². The minimum Gasteiger partial charge on any atom is -0.392 e. The summed E-state index contributed by atoms with van der Waals surface area (Å²) in [6, 6.07) is 5.84. The van der Waals surface area contributed by atoms with Crippen LogP contribution in [0.5, 0.6) is 0 Å². The Morgan fingerprint density at radius 3 is 2.86 bits per heavy atom. The van der Waals surface area contributed by atoms with Gasteiger partial charge in [0.25, 0.3) is 0 Å². The third-order valence-corrected chi connectivity index (χ3v) is 5.08. The maximum Gasteiger partial charge on any atom is 0.126 e. The number of aryl methyl sites for hydroxylation is 1. The van der Waals surface area contributed by atoms with Gasteiger partial charge in [0.2, 0.25) is 0 Å². The molecule has 4 nitrogen and oxygen atoms in total. The number of aliphatic hydroxyl groups excluding tert-OH is 1. The first-order chi connectivity index (χ1) is 10.6. The van der Waals surface area contributed by atoms with Crippen molar-refractivity contribution in [1.82, 2.24) is 14.9 Å². The van der Waals surface area contributed by atoms with E-state index in [2.05, 4.69) is 21.8 Å². The van der Waals surface area contributed by atoms with Gasteiger partial charge < -0.3 is 15.0 Å².